The summed E-state index contributed by atoms with van der Waals surface area (Å²) in [4.78, 5) is 1.24. The second kappa shape index (κ2) is 6.52. The summed E-state index contributed by atoms with van der Waals surface area (Å²) in [5.41, 5.74) is 3.36. The summed E-state index contributed by atoms with van der Waals surface area (Å²) in [6, 6.07) is 10.2. The van der Waals surface area contributed by atoms with Gasteiger partial charge in [0, 0.05) is 17.4 Å². The van der Waals surface area contributed by atoms with E-state index in [2.05, 4.69) is 51.8 Å². The van der Waals surface area contributed by atoms with Gasteiger partial charge in [0.25, 0.3) is 0 Å². The third-order valence-corrected chi connectivity index (χ3v) is 5.75. The van der Waals surface area contributed by atoms with Crippen molar-refractivity contribution in [2.24, 2.45) is 0 Å². The average Bonchev–Trinajstić information content (AvgIpc) is 2.75. The van der Waals surface area contributed by atoms with Gasteiger partial charge in [-0.15, -0.1) is 11.8 Å². The normalized spacial score (nSPS) is 17.8. The van der Waals surface area contributed by atoms with Gasteiger partial charge in [0.1, 0.15) is 0 Å². The number of nitrogens with one attached hydrogen (secondary N) is 1. The van der Waals surface area contributed by atoms with Crippen molar-refractivity contribution in [2.45, 2.75) is 17.2 Å². The lowest BCUT2D eigenvalue weighted by atomic mass is 9.88. The Morgan fingerprint density at radius 3 is 2.64 bits per heavy atom. The molecule has 0 amide bonds. The summed E-state index contributed by atoms with van der Waals surface area (Å²) in [7, 11) is 0. The first-order valence-corrected chi connectivity index (χ1v) is 9.21. The highest BCUT2D eigenvalue weighted by atomic mass is 79.9. The van der Waals surface area contributed by atoms with Crippen molar-refractivity contribution in [2.75, 3.05) is 19.3 Å². The molecule has 0 bridgehead atoms. The maximum Gasteiger partial charge on any atom is 0.172 e. The van der Waals surface area contributed by atoms with Crippen LogP contribution in [0.3, 0.4) is 0 Å². The van der Waals surface area contributed by atoms with E-state index in [1.165, 1.54) is 10.5 Å². The average molecular weight is 380 g/mol. The molecule has 0 saturated carbocycles. The molecule has 2 aromatic rings. The van der Waals surface area contributed by atoms with E-state index in [4.69, 9.17) is 0 Å². The van der Waals surface area contributed by atoms with Crippen LogP contribution in [0.1, 0.15) is 22.6 Å². The van der Waals surface area contributed by atoms with Crippen LogP contribution in [-0.4, -0.2) is 29.6 Å². The quantitative estimate of drug-likeness (QED) is 0.547. The van der Waals surface area contributed by atoms with E-state index in [-0.39, 0.29) is 17.4 Å². The Morgan fingerprint density at radius 1 is 1.23 bits per heavy atom. The fourth-order valence-electron chi connectivity index (χ4n) is 2.95. The molecule has 1 aliphatic rings. The van der Waals surface area contributed by atoms with Gasteiger partial charge >= 0.3 is 0 Å². The molecule has 3 nitrogen and oxygen atoms in total. The third kappa shape index (κ3) is 2.85. The standard InChI is InChI=1S/C17H18BrNO2S/c1-22-11-4-2-10(3-5-11)14-9-19-7-6-12-13(14)8-15(20)17(21)16(12)18/h2-5,8,14,19-21H,6-7,9H2,1H3. The van der Waals surface area contributed by atoms with Crippen molar-refractivity contribution in [1.29, 1.82) is 0 Å². The van der Waals surface area contributed by atoms with E-state index in [0.29, 0.717) is 4.47 Å². The molecule has 0 aliphatic carbocycles. The van der Waals surface area contributed by atoms with Crippen molar-refractivity contribution in [3.8, 4) is 11.5 Å². The highest BCUT2D eigenvalue weighted by Gasteiger charge is 2.25. The van der Waals surface area contributed by atoms with Gasteiger partial charge in [0.15, 0.2) is 11.5 Å². The van der Waals surface area contributed by atoms with Gasteiger partial charge in [-0.1, -0.05) is 12.1 Å². The number of thioether (sulfide) groups is 1. The molecule has 3 rings (SSSR count). The van der Waals surface area contributed by atoms with E-state index in [1.807, 2.05) is 0 Å². The van der Waals surface area contributed by atoms with Crippen molar-refractivity contribution >= 4 is 27.7 Å². The van der Waals surface area contributed by atoms with Gasteiger partial charge < -0.3 is 15.5 Å². The van der Waals surface area contributed by atoms with Crippen LogP contribution in [0.25, 0.3) is 0 Å². The first kappa shape index (κ1) is 15.7. The topological polar surface area (TPSA) is 52.5 Å². The molecule has 1 atom stereocenters. The van der Waals surface area contributed by atoms with Crippen LogP contribution in [0.15, 0.2) is 39.7 Å². The summed E-state index contributed by atoms with van der Waals surface area (Å²) in [6.07, 6.45) is 2.89. The lowest BCUT2D eigenvalue weighted by Crippen LogP contribution is -2.20. The summed E-state index contributed by atoms with van der Waals surface area (Å²) in [5, 5.41) is 23.4. The zero-order valence-corrected chi connectivity index (χ0v) is 14.7. The minimum atomic E-state index is -0.0721. The summed E-state index contributed by atoms with van der Waals surface area (Å²) in [5.74, 6) is 0.0200. The third-order valence-electron chi connectivity index (χ3n) is 4.15. The molecule has 0 aromatic heterocycles. The number of phenolic OH excluding ortho intramolecular Hbond substituents is 2. The van der Waals surface area contributed by atoms with Crippen LogP contribution >= 0.6 is 27.7 Å². The lowest BCUT2D eigenvalue weighted by Gasteiger charge is -2.20. The molecule has 22 heavy (non-hydrogen) atoms. The van der Waals surface area contributed by atoms with Crippen LogP contribution in [0, 0.1) is 0 Å². The Balaban J connectivity index is 2.10. The zero-order chi connectivity index (χ0) is 15.7. The van der Waals surface area contributed by atoms with Gasteiger partial charge in [-0.3, -0.25) is 0 Å². The van der Waals surface area contributed by atoms with Crippen LogP contribution in [0.4, 0.5) is 0 Å². The second-order valence-corrected chi connectivity index (χ2v) is 7.08. The van der Waals surface area contributed by atoms with Crippen LogP contribution in [0.5, 0.6) is 11.5 Å². The molecule has 1 unspecified atom stereocenters. The number of aromatic hydroxyl groups is 2. The number of halogens is 1. The largest absolute Gasteiger partial charge is 0.504 e. The Kier molecular flexibility index (Phi) is 4.66. The highest BCUT2D eigenvalue weighted by Crippen LogP contribution is 2.43. The Morgan fingerprint density at radius 2 is 1.95 bits per heavy atom. The van der Waals surface area contributed by atoms with Gasteiger partial charge in [0.2, 0.25) is 0 Å². The molecule has 116 valence electrons. The summed E-state index contributed by atoms with van der Waals surface area (Å²) in [6.45, 7) is 1.68. The van der Waals surface area contributed by atoms with Gasteiger partial charge in [-0.05, 0) is 70.0 Å². The molecule has 2 aromatic carbocycles. The van der Waals surface area contributed by atoms with Gasteiger partial charge in [-0.2, -0.15) is 0 Å². The maximum atomic E-state index is 9.99. The Hall–Kier alpha value is -1.17. The number of benzene rings is 2. The van der Waals surface area contributed by atoms with E-state index >= 15 is 0 Å². The van der Waals surface area contributed by atoms with E-state index in [1.54, 1.807) is 17.8 Å². The molecule has 1 aliphatic heterocycles. The van der Waals surface area contributed by atoms with Gasteiger partial charge in [0.05, 0.1) is 4.47 Å². The Bertz CT molecular complexity index is 688. The SMILES string of the molecule is CSc1ccc(C2CNCCc3c2cc(O)c(O)c3Br)cc1. The van der Waals surface area contributed by atoms with Crippen LogP contribution in [0.2, 0.25) is 0 Å². The molecule has 0 spiro atoms. The predicted octanol–water partition coefficient (Wildman–Crippen LogP) is 3.86. The molecule has 1 heterocycles. The minimum Gasteiger partial charge on any atom is -0.504 e. The van der Waals surface area contributed by atoms with Gasteiger partial charge in [-0.25, -0.2) is 0 Å². The van der Waals surface area contributed by atoms with E-state index in [9.17, 15) is 10.2 Å². The second-order valence-electron chi connectivity index (χ2n) is 5.41. The van der Waals surface area contributed by atoms with Crippen LogP contribution in [-0.2, 0) is 6.42 Å². The fourth-order valence-corrected chi connectivity index (χ4v) is 3.99. The zero-order valence-electron chi connectivity index (χ0n) is 12.3. The molecule has 0 fully saturated rings. The van der Waals surface area contributed by atoms with Crippen molar-refractivity contribution in [1.82, 2.24) is 5.32 Å². The number of fused-ring (bicyclic) bond motifs is 1. The van der Waals surface area contributed by atoms with E-state index < -0.39 is 0 Å². The molecular weight excluding hydrogens is 362 g/mol. The first-order valence-electron chi connectivity index (χ1n) is 7.19. The highest BCUT2D eigenvalue weighted by molar-refractivity contribution is 9.10. The predicted molar refractivity (Wildman–Crippen MR) is 94.1 cm³/mol. The number of hydrogen-bond acceptors (Lipinski definition) is 4. The molecule has 5 heteroatoms. The molecular formula is C17H18BrNO2S. The summed E-state index contributed by atoms with van der Waals surface area (Å²) < 4.78 is 0.608. The van der Waals surface area contributed by atoms with Crippen molar-refractivity contribution < 1.29 is 10.2 Å². The maximum absolute atomic E-state index is 9.99. The molecule has 0 radical (unpaired) electrons. The molecule has 3 N–H and O–H groups in total. The first-order chi connectivity index (χ1) is 10.6. The molecule has 0 saturated heterocycles. The number of phenols is 2. The van der Waals surface area contributed by atoms with Crippen molar-refractivity contribution in [3.63, 3.8) is 0 Å². The lowest BCUT2D eigenvalue weighted by molar-refractivity contribution is 0.400. The minimum absolute atomic E-state index is 0.0711. The number of rotatable bonds is 2. The fraction of sp³-hybridized carbons (Fsp3) is 0.294. The number of hydrogen-bond donors (Lipinski definition) is 3. The Labute approximate surface area is 142 Å². The smallest absolute Gasteiger partial charge is 0.172 e. The monoisotopic (exact) mass is 379 g/mol. The van der Waals surface area contributed by atoms with E-state index in [0.717, 1.165) is 30.6 Å². The van der Waals surface area contributed by atoms with Crippen molar-refractivity contribution in [3.05, 3.63) is 51.5 Å². The van der Waals surface area contributed by atoms with Crippen LogP contribution < -0.4 is 5.32 Å². The summed E-state index contributed by atoms with van der Waals surface area (Å²) >= 11 is 5.16.